The number of hydrogen-bond donors (Lipinski definition) is 1. The molecule has 0 bridgehead atoms. The van der Waals surface area contributed by atoms with Crippen molar-refractivity contribution in [3.8, 4) is 11.5 Å². The minimum Gasteiger partial charge on any atom is -0.493 e. The Balaban J connectivity index is 1.92. The van der Waals surface area contributed by atoms with Crippen molar-refractivity contribution in [2.24, 2.45) is 0 Å². The highest BCUT2D eigenvalue weighted by Gasteiger charge is 2.37. The fourth-order valence-electron chi connectivity index (χ4n) is 3.54. The van der Waals surface area contributed by atoms with Gasteiger partial charge < -0.3 is 19.7 Å². The molecule has 2 aliphatic rings. The number of nitrogens with one attached hydrogen (secondary N) is 1. The molecule has 2 aliphatic heterocycles. The van der Waals surface area contributed by atoms with E-state index in [4.69, 9.17) is 9.47 Å². The molecule has 0 radical (unpaired) electrons. The third-order valence-electron chi connectivity index (χ3n) is 4.63. The van der Waals surface area contributed by atoms with Gasteiger partial charge in [0.1, 0.15) is 0 Å². The van der Waals surface area contributed by atoms with E-state index in [0.29, 0.717) is 12.3 Å². The van der Waals surface area contributed by atoms with Gasteiger partial charge in [0.15, 0.2) is 11.5 Å². The molecule has 4 rings (SSSR count). The lowest BCUT2D eigenvalue weighted by Crippen LogP contribution is -2.46. The topological polar surface area (TPSA) is 50.8 Å². The van der Waals surface area contributed by atoms with Crippen LogP contribution in [0.4, 0.5) is 10.5 Å². The van der Waals surface area contributed by atoms with Crippen molar-refractivity contribution < 1.29 is 14.3 Å². The Labute approximate surface area is 134 Å². The van der Waals surface area contributed by atoms with Crippen LogP contribution in [-0.4, -0.2) is 31.7 Å². The Kier molecular flexibility index (Phi) is 3.15. The zero-order chi connectivity index (χ0) is 16.0. The minimum absolute atomic E-state index is 0.0471. The Morgan fingerprint density at radius 2 is 1.83 bits per heavy atom. The van der Waals surface area contributed by atoms with Crippen molar-refractivity contribution in [2.45, 2.75) is 12.5 Å². The van der Waals surface area contributed by atoms with E-state index in [1.165, 1.54) is 5.56 Å². The summed E-state index contributed by atoms with van der Waals surface area (Å²) in [7, 11) is 3.27. The average Bonchev–Trinajstić information content (AvgIpc) is 2.60. The second-order valence-electron chi connectivity index (χ2n) is 5.77. The molecule has 2 aromatic carbocycles. The van der Waals surface area contributed by atoms with Gasteiger partial charge in [0, 0.05) is 17.8 Å². The zero-order valence-corrected chi connectivity index (χ0v) is 13.1. The van der Waals surface area contributed by atoms with E-state index in [0.717, 1.165) is 29.0 Å². The van der Waals surface area contributed by atoms with Crippen LogP contribution < -0.4 is 14.8 Å². The highest BCUT2D eigenvalue weighted by molar-refractivity contribution is 5.94. The second-order valence-corrected chi connectivity index (χ2v) is 5.77. The Morgan fingerprint density at radius 3 is 2.61 bits per heavy atom. The number of fused-ring (bicyclic) bond motifs is 5. The van der Waals surface area contributed by atoms with Crippen LogP contribution in [0.3, 0.4) is 0 Å². The van der Waals surface area contributed by atoms with Gasteiger partial charge in [-0.1, -0.05) is 18.2 Å². The molecule has 0 aromatic heterocycles. The Bertz CT molecular complexity index is 788. The standard InChI is InChI=1S/C18H18N2O3/c1-22-15-9-11-7-8-20-17(13(11)10-16(15)23-2)12-5-3-4-6-14(12)19-18(20)21/h3-6,9-10,17H,7-8H2,1-2H3,(H,19,21). The van der Waals surface area contributed by atoms with E-state index in [1.54, 1.807) is 14.2 Å². The highest BCUT2D eigenvalue weighted by Crippen LogP contribution is 2.44. The number of urea groups is 1. The summed E-state index contributed by atoms with van der Waals surface area (Å²) >= 11 is 0. The van der Waals surface area contributed by atoms with Gasteiger partial charge in [0.05, 0.1) is 20.3 Å². The number of hydrogen-bond acceptors (Lipinski definition) is 3. The van der Waals surface area contributed by atoms with Crippen LogP contribution in [0.5, 0.6) is 11.5 Å². The molecule has 0 spiro atoms. The molecule has 0 saturated carbocycles. The van der Waals surface area contributed by atoms with Crippen molar-refractivity contribution in [1.82, 2.24) is 4.90 Å². The predicted molar refractivity (Wildman–Crippen MR) is 87.3 cm³/mol. The lowest BCUT2D eigenvalue weighted by atomic mass is 9.86. The van der Waals surface area contributed by atoms with Crippen molar-refractivity contribution in [2.75, 3.05) is 26.1 Å². The summed E-state index contributed by atoms with van der Waals surface area (Å²) in [6.07, 6.45) is 0.807. The third-order valence-corrected chi connectivity index (χ3v) is 4.63. The first-order valence-electron chi connectivity index (χ1n) is 7.64. The zero-order valence-electron chi connectivity index (χ0n) is 13.1. The van der Waals surface area contributed by atoms with Gasteiger partial charge in [0.25, 0.3) is 0 Å². The maximum absolute atomic E-state index is 12.4. The van der Waals surface area contributed by atoms with Gasteiger partial charge in [-0.3, -0.25) is 0 Å². The molecule has 0 fully saturated rings. The fraction of sp³-hybridized carbons (Fsp3) is 0.278. The monoisotopic (exact) mass is 310 g/mol. The number of carbonyl (C=O) groups excluding carboxylic acids is 1. The number of carbonyl (C=O) groups is 1. The molecule has 5 heteroatoms. The summed E-state index contributed by atoms with van der Waals surface area (Å²) in [4.78, 5) is 14.3. The number of ether oxygens (including phenoxy) is 2. The number of benzene rings is 2. The summed E-state index contributed by atoms with van der Waals surface area (Å²) in [5.41, 5.74) is 4.30. The molecule has 0 aliphatic carbocycles. The first kappa shape index (κ1) is 13.9. The molecule has 2 heterocycles. The van der Waals surface area contributed by atoms with Crippen molar-refractivity contribution >= 4 is 11.7 Å². The minimum atomic E-state index is -0.0801. The van der Waals surface area contributed by atoms with Gasteiger partial charge in [-0.25, -0.2) is 4.79 Å². The first-order chi connectivity index (χ1) is 11.2. The number of para-hydroxylation sites is 1. The largest absolute Gasteiger partial charge is 0.493 e. The molecule has 2 aromatic rings. The Morgan fingerprint density at radius 1 is 1.09 bits per heavy atom. The number of nitrogens with zero attached hydrogens (tertiary/aromatic N) is 1. The van der Waals surface area contributed by atoms with Crippen molar-refractivity contribution in [3.63, 3.8) is 0 Å². The molecule has 23 heavy (non-hydrogen) atoms. The van der Waals surface area contributed by atoms with Crippen LogP contribution in [0.1, 0.15) is 22.7 Å². The van der Waals surface area contributed by atoms with E-state index >= 15 is 0 Å². The van der Waals surface area contributed by atoms with Crippen molar-refractivity contribution in [1.29, 1.82) is 0 Å². The van der Waals surface area contributed by atoms with E-state index in [1.807, 2.05) is 35.2 Å². The molecule has 1 N–H and O–H groups in total. The number of rotatable bonds is 2. The summed E-state index contributed by atoms with van der Waals surface area (Å²) < 4.78 is 10.9. The molecular formula is C18H18N2O3. The van der Waals surface area contributed by atoms with E-state index in [2.05, 4.69) is 11.4 Å². The lowest BCUT2D eigenvalue weighted by Gasteiger charge is -2.41. The molecule has 5 nitrogen and oxygen atoms in total. The van der Waals surface area contributed by atoms with Crippen LogP contribution in [0.15, 0.2) is 36.4 Å². The van der Waals surface area contributed by atoms with Crippen LogP contribution in [0.2, 0.25) is 0 Å². The van der Waals surface area contributed by atoms with E-state index in [-0.39, 0.29) is 12.1 Å². The molecule has 118 valence electrons. The maximum Gasteiger partial charge on any atom is 0.322 e. The maximum atomic E-state index is 12.4. The second kappa shape index (κ2) is 5.19. The number of anilines is 1. The molecule has 0 saturated heterocycles. The molecular weight excluding hydrogens is 292 g/mol. The smallest absolute Gasteiger partial charge is 0.322 e. The quantitative estimate of drug-likeness (QED) is 0.927. The summed E-state index contributed by atoms with van der Waals surface area (Å²) in [6, 6.07) is 11.9. The third kappa shape index (κ3) is 2.04. The average molecular weight is 310 g/mol. The summed E-state index contributed by atoms with van der Waals surface area (Å²) in [5, 5.41) is 2.97. The predicted octanol–water partition coefficient (Wildman–Crippen LogP) is 3.20. The SMILES string of the molecule is COc1cc2c(cc1OC)C1c3ccccc3NC(=O)N1CC2. The van der Waals surface area contributed by atoms with Crippen LogP contribution in [-0.2, 0) is 6.42 Å². The van der Waals surface area contributed by atoms with Gasteiger partial charge in [-0.05, 0) is 35.7 Å². The first-order valence-corrected chi connectivity index (χ1v) is 7.64. The van der Waals surface area contributed by atoms with Gasteiger partial charge >= 0.3 is 6.03 Å². The summed E-state index contributed by atoms with van der Waals surface area (Å²) in [6.45, 7) is 0.688. The summed E-state index contributed by atoms with van der Waals surface area (Å²) in [5.74, 6) is 1.42. The fourth-order valence-corrected chi connectivity index (χ4v) is 3.54. The van der Waals surface area contributed by atoms with Gasteiger partial charge in [-0.2, -0.15) is 0 Å². The molecule has 2 amide bonds. The van der Waals surface area contributed by atoms with Crippen LogP contribution in [0.25, 0.3) is 0 Å². The van der Waals surface area contributed by atoms with Gasteiger partial charge in [-0.15, -0.1) is 0 Å². The van der Waals surface area contributed by atoms with Gasteiger partial charge in [0.2, 0.25) is 0 Å². The normalized spacial score (nSPS) is 18.4. The van der Waals surface area contributed by atoms with E-state index < -0.39 is 0 Å². The molecule has 1 unspecified atom stereocenters. The van der Waals surface area contributed by atoms with Crippen LogP contribution >= 0.6 is 0 Å². The molecule has 1 atom stereocenters. The lowest BCUT2D eigenvalue weighted by molar-refractivity contribution is 0.190. The van der Waals surface area contributed by atoms with Crippen molar-refractivity contribution in [3.05, 3.63) is 53.1 Å². The van der Waals surface area contributed by atoms with E-state index in [9.17, 15) is 4.79 Å². The van der Waals surface area contributed by atoms with Crippen LogP contribution in [0, 0.1) is 0 Å². The highest BCUT2D eigenvalue weighted by atomic mass is 16.5. The number of methoxy groups -OCH3 is 2. The Hall–Kier alpha value is -2.69. The number of amides is 2.